The van der Waals surface area contributed by atoms with Gasteiger partial charge < -0.3 is 16.0 Å². The van der Waals surface area contributed by atoms with Gasteiger partial charge in [0.2, 0.25) is 5.91 Å². The molecule has 0 radical (unpaired) electrons. The number of fused-ring (bicyclic) bond motifs is 2. The fourth-order valence-electron chi connectivity index (χ4n) is 4.30. The number of aromatic nitrogens is 2. The number of nitrogens with zero attached hydrogens (tertiary/aromatic N) is 1. The Kier molecular flexibility index (Phi) is 8.49. The number of hydrogen-bond acceptors (Lipinski definition) is 4. The van der Waals surface area contributed by atoms with Gasteiger partial charge in [-0.25, -0.2) is 0 Å². The predicted molar refractivity (Wildman–Crippen MR) is 116 cm³/mol. The van der Waals surface area contributed by atoms with Crippen LogP contribution < -0.4 is 16.0 Å². The van der Waals surface area contributed by atoms with Crippen LogP contribution in [0.3, 0.4) is 0 Å². The second kappa shape index (κ2) is 10.6. The van der Waals surface area contributed by atoms with Crippen LogP contribution in [0.15, 0.2) is 42.6 Å². The first-order valence-electron chi connectivity index (χ1n) is 9.58. The van der Waals surface area contributed by atoms with Gasteiger partial charge in [-0.05, 0) is 37.2 Å². The van der Waals surface area contributed by atoms with E-state index in [0.29, 0.717) is 30.2 Å². The molecule has 0 saturated carbocycles. The topological polar surface area (TPSA) is 98.9 Å². The summed E-state index contributed by atoms with van der Waals surface area (Å²) in [5.41, 5.74) is 0.758. The van der Waals surface area contributed by atoms with E-state index in [1.807, 2.05) is 30.3 Å². The summed E-state index contributed by atoms with van der Waals surface area (Å²) in [7, 11) is 0. The van der Waals surface area contributed by atoms with Gasteiger partial charge in [-0.1, -0.05) is 30.3 Å². The largest absolute Gasteiger partial charge is 0.341 e. The summed E-state index contributed by atoms with van der Waals surface area (Å²) in [4.78, 5) is 25.5. The van der Waals surface area contributed by atoms with Crippen LogP contribution in [0.2, 0.25) is 0 Å². The van der Waals surface area contributed by atoms with Crippen molar-refractivity contribution >= 4 is 42.4 Å². The Bertz CT molecular complexity index is 775. The fourth-order valence-corrected chi connectivity index (χ4v) is 4.30. The summed E-state index contributed by atoms with van der Waals surface area (Å²) >= 11 is 0. The normalized spacial score (nSPS) is 23.2. The molecule has 3 atom stereocenters. The summed E-state index contributed by atoms with van der Waals surface area (Å²) in [6.45, 7) is 0. The Balaban J connectivity index is 0.00000150. The van der Waals surface area contributed by atoms with Crippen LogP contribution >= 0.6 is 24.8 Å². The highest BCUT2D eigenvalue weighted by Gasteiger charge is 2.34. The van der Waals surface area contributed by atoms with E-state index in [1.54, 1.807) is 12.3 Å². The Labute approximate surface area is 182 Å². The van der Waals surface area contributed by atoms with E-state index in [0.717, 1.165) is 18.4 Å². The maximum Gasteiger partial charge on any atom is 0.252 e. The van der Waals surface area contributed by atoms with E-state index in [-0.39, 0.29) is 36.6 Å². The predicted octanol–water partition coefficient (Wildman–Crippen LogP) is 2.97. The maximum atomic E-state index is 12.8. The minimum absolute atomic E-state index is 0. The molecule has 2 saturated heterocycles. The lowest BCUT2D eigenvalue weighted by molar-refractivity contribution is -0.127. The van der Waals surface area contributed by atoms with Gasteiger partial charge >= 0.3 is 0 Å². The van der Waals surface area contributed by atoms with Crippen molar-refractivity contribution in [3.8, 4) is 0 Å². The zero-order chi connectivity index (χ0) is 18.6. The van der Waals surface area contributed by atoms with Crippen molar-refractivity contribution < 1.29 is 9.59 Å². The van der Waals surface area contributed by atoms with Gasteiger partial charge in [0, 0.05) is 24.6 Å². The van der Waals surface area contributed by atoms with Crippen molar-refractivity contribution in [2.45, 2.75) is 50.2 Å². The molecule has 158 valence electrons. The molecule has 1 aromatic carbocycles. The molecule has 29 heavy (non-hydrogen) atoms. The summed E-state index contributed by atoms with van der Waals surface area (Å²) in [6, 6.07) is 11.4. The molecule has 3 unspecified atom stereocenters. The van der Waals surface area contributed by atoms with Crippen LogP contribution in [0.5, 0.6) is 0 Å². The number of piperidine rings is 1. The average molecular weight is 440 g/mol. The number of halogens is 2. The van der Waals surface area contributed by atoms with Crippen molar-refractivity contribution in [1.82, 2.24) is 20.8 Å². The molecule has 4 rings (SSSR count). The second-order valence-electron chi connectivity index (χ2n) is 7.55. The van der Waals surface area contributed by atoms with Crippen LogP contribution in [0, 0.1) is 5.92 Å². The maximum absolute atomic E-state index is 12.8. The number of aromatic amines is 1. The van der Waals surface area contributed by atoms with Crippen LogP contribution in [0.4, 0.5) is 5.82 Å². The molecular weight excluding hydrogens is 413 g/mol. The molecule has 2 aromatic rings. The third-order valence-electron chi connectivity index (χ3n) is 5.50. The third kappa shape index (κ3) is 5.95. The SMILES string of the molecule is Cl.Cl.O=C(CC1CC2CCC(C1)N2)NC(C(=O)Nc1ccn[nH]1)c1ccccc1. The first-order chi connectivity index (χ1) is 13.2. The molecule has 4 N–H and O–H groups in total. The Morgan fingerprint density at radius 2 is 1.76 bits per heavy atom. The minimum Gasteiger partial charge on any atom is -0.341 e. The Morgan fingerprint density at radius 1 is 1.07 bits per heavy atom. The van der Waals surface area contributed by atoms with Gasteiger partial charge in [0.25, 0.3) is 5.91 Å². The van der Waals surface area contributed by atoms with Crippen molar-refractivity contribution in [3.63, 3.8) is 0 Å². The molecule has 2 amide bonds. The lowest BCUT2D eigenvalue weighted by atomic mass is 9.89. The van der Waals surface area contributed by atoms with Gasteiger partial charge in [-0.15, -0.1) is 24.8 Å². The molecule has 7 nitrogen and oxygen atoms in total. The molecule has 0 aliphatic carbocycles. The zero-order valence-corrected chi connectivity index (χ0v) is 17.6. The van der Waals surface area contributed by atoms with E-state index in [1.165, 1.54) is 12.8 Å². The smallest absolute Gasteiger partial charge is 0.252 e. The first-order valence-corrected chi connectivity index (χ1v) is 9.58. The van der Waals surface area contributed by atoms with Crippen LogP contribution in [0.25, 0.3) is 0 Å². The summed E-state index contributed by atoms with van der Waals surface area (Å²) in [6.07, 6.45) is 6.54. The highest BCUT2D eigenvalue weighted by Crippen LogP contribution is 2.32. The van der Waals surface area contributed by atoms with Crippen molar-refractivity contribution in [2.75, 3.05) is 5.32 Å². The van der Waals surface area contributed by atoms with E-state index in [9.17, 15) is 9.59 Å². The monoisotopic (exact) mass is 439 g/mol. The lowest BCUT2D eigenvalue weighted by Gasteiger charge is -2.29. The number of anilines is 1. The van der Waals surface area contributed by atoms with Crippen molar-refractivity contribution in [3.05, 3.63) is 48.2 Å². The molecule has 3 heterocycles. The van der Waals surface area contributed by atoms with Gasteiger partial charge in [0.15, 0.2) is 0 Å². The van der Waals surface area contributed by atoms with E-state index in [4.69, 9.17) is 0 Å². The standard InChI is InChI=1S/C20H25N5O2.2ClH/c26-18(12-13-10-15-6-7-16(11-13)22-15)24-19(14-4-2-1-3-5-14)20(27)23-17-8-9-21-25-17;;/h1-5,8-9,13,15-16,19,22H,6-7,10-12H2,(H,24,26)(H2,21,23,25,27);2*1H. The minimum atomic E-state index is -0.736. The lowest BCUT2D eigenvalue weighted by Crippen LogP contribution is -2.41. The van der Waals surface area contributed by atoms with Gasteiger partial charge in [0.05, 0.1) is 6.20 Å². The number of nitrogens with one attached hydrogen (secondary N) is 4. The van der Waals surface area contributed by atoms with Crippen molar-refractivity contribution in [1.29, 1.82) is 0 Å². The van der Waals surface area contributed by atoms with Crippen LogP contribution in [-0.2, 0) is 9.59 Å². The fraction of sp³-hybridized carbons (Fsp3) is 0.450. The zero-order valence-electron chi connectivity index (χ0n) is 16.0. The average Bonchev–Trinajstić information content (AvgIpc) is 3.29. The first kappa shape index (κ1) is 23.2. The highest BCUT2D eigenvalue weighted by atomic mass is 35.5. The third-order valence-corrected chi connectivity index (χ3v) is 5.50. The Morgan fingerprint density at radius 3 is 2.38 bits per heavy atom. The molecule has 2 bridgehead atoms. The van der Waals surface area contributed by atoms with Crippen LogP contribution in [0.1, 0.15) is 43.7 Å². The number of rotatable bonds is 6. The number of benzene rings is 1. The van der Waals surface area contributed by atoms with Crippen molar-refractivity contribution in [2.24, 2.45) is 5.92 Å². The molecule has 9 heteroatoms. The number of carbonyl (C=O) groups excluding carboxylic acids is 2. The highest BCUT2D eigenvalue weighted by molar-refractivity contribution is 5.97. The molecule has 1 aromatic heterocycles. The summed E-state index contributed by atoms with van der Waals surface area (Å²) in [5, 5.41) is 15.8. The summed E-state index contributed by atoms with van der Waals surface area (Å²) < 4.78 is 0. The number of hydrogen-bond donors (Lipinski definition) is 4. The molecule has 2 aliphatic heterocycles. The quantitative estimate of drug-likeness (QED) is 0.555. The molecule has 0 spiro atoms. The molecule has 2 fully saturated rings. The van der Waals surface area contributed by atoms with Gasteiger partial charge in [-0.3, -0.25) is 14.7 Å². The van der Waals surface area contributed by atoms with E-state index in [2.05, 4.69) is 26.1 Å². The van der Waals surface area contributed by atoms with Crippen LogP contribution in [-0.4, -0.2) is 34.1 Å². The van der Waals surface area contributed by atoms with E-state index >= 15 is 0 Å². The molecular formula is C20H27Cl2N5O2. The molecule has 2 aliphatic rings. The second-order valence-corrected chi connectivity index (χ2v) is 7.55. The van der Waals surface area contributed by atoms with E-state index < -0.39 is 6.04 Å². The van der Waals surface area contributed by atoms with Gasteiger partial charge in [-0.2, -0.15) is 5.10 Å². The number of amides is 2. The van der Waals surface area contributed by atoms with Gasteiger partial charge in [0.1, 0.15) is 11.9 Å². The summed E-state index contributed by atoms with van der Waals surface area (Å²) in [5.74, 6) is 0.528. The number of carbonyl (C=O) groups is 2. The number of H-pyrrole nitrogens is 1. The Hall–Kier alpha value is -2.09.